The molecule has 0 saturated heterocycles. The first-order valence-corrected chi connectivity index (χ1v) is 19.7. The van der Waals surface area contributed by atoms with Crippen LogP contribution in [-0.4, -0.2) is 24.9 Å². The molecule has 2 aromatic heterocycles. The molecule has 0 aliphatic rings. The predicted octanol–water partition coefficient (Wildman–Crippen LogP) is 13.0. The van der Waals surface area contributed by atoms with Crippen molar-refractivity contribution in [1.82, 2.24) is 24.9 Å². The molecule has 10 rings (SSSR count). The monoisotopic (exact) mass is 766 g/mol. The fourth-order valence-electron chi connectivity index (χ4n) is 7.45. The quantitative estimate of drug-likeness (QED) is 0.153. The summed E-state index contributed by atoms with van der Waals surface area (Å²) in [6.07, 6.45) is 0. The highest BCUT2D eigenvalue weighted by atomic mass is 15.0. The summed E-state index contributed by atoms with van der Waals surface area (Å²) in [5.74, 6) is 2.54. The number of benzene rings is 8. The highest BCUT2D eigenvalue weighted by molar-refractivity contribution is 5.93. The molecule has 0 amide bonds. The Labute approximate surface area is 347 Å². The van der Waals surface area contributed by atoms with Gasteiger partial charge in [-0.15, -0.1) is 0 Å². The van der Waals surface area contributed by atoms with Crippen molar-refractivity contribution in [2.75, 3.05) is 0 Å². The van der Waals surface area contributed by atoms with Gasteiger partial charge in [0.25, 0.3) is 0 Å². The lowest BCUT2D eigenvalue weighted by Gasteiger charge is -2.12. The third-order valence-corrected chi connectivity index (χ3v) is 10.6. The summed E-state index contributed by atoms with van der Waals surface area (Å²) >= 11 is 0. The number of hydrogen-bond donors (Lipinski definition) is 0. The molecular formula is C54H34N6. The van der Waals surface area contributed by atoms with E-state index in [9.17, 15) is 5.26 Å². The third kappa shape index (κ3) is 7.31. The minimum Gasteiger partial charge on any atom is -0.228 e. The van der Waals surface area contributed by atoms with Crippen LogP contribution >= 0.6 is 0 Å². The molecule has 0 radical (unpaired) electrons. The zero-order chi connectivity index (χ0) is 40.3. The van der Waals surface area contributed by atoms with E-state index in [1.54, 1.807) is 0 Å². The van der Waals surface area contributed by atoms with Gasteiger partial charge in [0.2, 0.25) is 0 Å². The largest absolute Gasteiger partial charge is 0.228 e. The molecular weight excluding hydrogens is 733 g/mol. The minimum atomic E-state index is 0.612. The Hall–Kier alpha value is -8.40. The molecule has 0 aliphatic heterocycles. The van der Waals surface area contributed by atoms with E-state index in [4.69, 9.17) is 24.9 Å². The number of hydrogen-bond acceptors (Lipinski definition) is 6. The molecule has 10 aromatic rings. The number of rotatable bonds is 8. The Bertz CT molecular complexity index is 3050. The van der Waals surface area contributed by atoms with Gasteiger partial charge in [-0.25, -0.2) is 24.9 Å². The van der Waals surface area contributed by atoms with Gasteiger partial charge in [0.05, 0.1) is 23.0 Å². The Balaban J connectivity index is 0.970. The fraction of sp³-hybridized carbons (Fsp3) is 0. The summed E-state index contributed by atoms with van der Waals surface area (Å²) in [6.45, 7) is 0. The van der Waals surface area contributed by atoms with Crippen molar-refractivity contribution in [3.63, 3.8) is 0 Å². The first kappa shape index (κ1) is 36.0. The van der Waals surface area contributed by atoms with E-state index in [-0.39, 0.29) is 0 Å². The van der Waals surface area contributed by atoms with Crippen molar-refractivity contribution >= 4 is 10.8 Å². The van der Waals surface area contributed by atoms with E-state index in [1.807, 2.05) is 121 Å². The Morgan fingerprint density at radius 2 is 0.667 bits per heavy atom. The third-order valence-electron chi connectivity index (χ3n) is 10.6. The van der Waals surface area contributed by atoms with Crippen molar-refractivity contribution in [3.8, 4) is 96.4 Å². The average Bonchev–Trinajstić information content (AvgIpc) is 3.34. The van der Waals surface area contributed by atoms with Gasteiger partial charge >= 0.3 is 0 Å². The maximum absolute atomic E-state index is 10.3. The van der Waals surface area contributed by atoms with Crippen LogP contribution in [-0.2, 0) is 0 Å². The van der Waals surface area contributed by atoms with Crippen LogP contribution in [0.5, 0.6) is 0 Å². The van der Waals surface area contributed by atoms with Crippen LogP contribution in [0.15, 0.2) is 206 Å². The first-order chi connectivity index (χ1) is 29.6. The summed E-state index contributed by atoms with van der Waals surface area (Å²) in [5.41, 5.74) is 12.0. The number of aromatic nitrogens is 5. The SMILES string of the molecule is N#Cc1cc2ccc(-c3ccc(-c4nc(-c5ccccc5)nc(-c5ccccc5)n4)cc3)cc2cc1-c1ccc(-c2cc(-c3ccccc3)nc(-c3ccccc3)n2)cc1. The molecule has 60 heavy (non-hydrogen) atoms. The molecule has 0 bridgehead atoms. The zero-order valence-corrected chi connectivity index (χ0v) is 32.3. The second kappa shape index (κ2) is 15.9. The maximum Gasteiger partial charge on any atom is 0.164 e. The van der Waals surface area contributed by atoms with Gasteiger partial charge in [0.1, 0.15) is 0 Å². The van der Waals surface area contributed by atoms with Gasteiger partial charge in [-0.1, -0.05) is 182 Å². The maximum atomic E-state index is 10.3. The van der Waals surface area contributed by atoms with Crippen LogP contribution in [0.3, 0.4) is 0 Å². The smallest absolute Gasteiger partial charge is 0.164 e. The van der Waals surface area contributed by atoms with Crippen LogP contribution in [0.1, 0.15) is 5.56 Å². The number of nitriles is 1. The Kier molecular flexibility index (Phi) is 9.51. The molecule has 0 aliphatic carbocycles. The second-order valence-corrected chi connectivity index (χ2v) is 14.5. The number of fused-ring (bicyclic) bond motifs is 1. The van der Waals surface area contributed by atoms with Crippen molar-refractivity contribution in [2.45, 2.75) is 0 Å². The topological polar surface area (TPSA) is 88.2 Å². The molecule has 2 heterocycles. The summed E-state index contributed by atoms with van der Waals surface area (Å²) in [5, 5.41) is 12.3. The molecule has 0 fully saturated rings. The van der Waals surface area contributed by atoms with Crippen LogP contribution in [0.25, 0.3) is 101 Å². The lowest BCUT2D eigenvalue weighted by molar-refractivity contribution is 1.07. The van der Waals surface area contributed by atoms with Gasteiger partial charge in [-0.2, -0.15) is 5.26 Å². The molecule has 0 N–H and O–H groups in total. The summed E-state index contributed by atoms with van der Waals surface area (Å²) < 4.78 is 0. The summed E-state index contributed by atoms with van der Waals surface area (Å²) in [4.78, 5) is 24.6. The molecule has 0 spiro atoms. The first-order valence-electron chi connectivity index (χ1n) is 19.7. The average molecular weight is 767 g/mol. The lowest BCUT2D eigenvalue weighted by atomic mass is 9.93. The van der Waals surface area contributed by atoms with E-state index in [0.717, 1.165) is 77.8 Å². The van der Waals surface area contributed by atoms with Gasteiger partial charge in [0, 0.05) is 38.9 Å². The molecule has 8 aromatic carbocycles. The van der Waals surface area contributed by atoms with E-state index >= 15 is 0 Å². The van der Waals surface area contributed by atoms with Crippen LogP contribution in [0.4, 0.5) is 0 Å². The molecule has 280 valence electrons. The van der Waals surface area contributed by atoms with E-state index in [1.165, 1.54) is 0 Å². The lowest BCUT2D eigenvalue weighted by Crippen LogP contribution is -2.00. The fourth-order valence-corrected chi connectivity index (χ4v) is 7.45. The summed E-state index contributed by atoms with van der Waals surface area (Å²) in [7, 11) is 0. The van der Waals surface area contributed by atoms with Crippen molar-refractivity contribution in [1.29, 1.82) is 5.26 Å². The summed E-state index contributed by atoms with van der Waals surface area (Å²) in [6, 6.07) is 71.8. The number of nitrogens with zero attached hydrogens (tertiary/aromatic N) is 6. The van der Waals surface area contributed by atoms with E-state index < -0.39 is 0 Å². The molecule has 6 heteroatoms. The highest BCUT2D eigenvalue weighted by Crippen LogP contribution is 2.35. The Morgan fingerprint density at radius 3 is 1.17 bits per heavy atom. The molecule has 6 nitrogen and oxygen atoms in total. The van der Waals surface area contributed by atoms with Crippen molar-refractivity contribution in [3.05, 3.63) is 212 Å². The van der Waals surface area contributed by atoms with E-state index in [2.05, 4.69) is 91.0 Å². The van der Waals surface area contributed by atoms with E-state index in [0.29, 0.717) is 28.9 Å². The Morgan fingerprint density at radius 1 is 0.283 bits per heavy atom. The molecule has 0 atom stereocenters. The molecule has 0 saturated carbocycles. The van der Waals surface area contributed by atoms with Crippen LogP contribution < -0.4 is 0 Å². The van der Waals surface area contributed by atoms with Gasteiger partial charge in [-0.3, -0.25) is 0 Å². The van der Waals surface area contributed by atoms with Gasteiger partial charge in [0.15, 0.2) is 23.3 Å². The normalized spacial score (nSPS) is 11.0. The van der Waals surface area contributed by atoms with Crippen molar-refractivity contribution in [2.24, 2.45) is 0 Å². The van der Waals surface area contributed by atoms with Gasteiger partial charge in [-0.05, 0) is 51.7 Å². The highest BCUT2D eigenvalue weighted by Gasteiger charge is 2.15. The molecule has 0 unspecified atom stereocenters. The predicted molar refractivity (Wildman–Crippen MR) is 241 cm³/mol. The van der Waals surface area contributed by atoms with Crippen LogP contribution in [0.2, 0.25) is 0 Å². The standard InChI is InChI=1S/C54H34N6/c55-35-47-32-45-30-29-44(36-21-27-43(28-22-36)54-59-52(41-17-9-3-10-18-41)58-53(60-54)42-19-11-4-12-20-42)31-46(45)33-48(47)37-23-25-39(26-24-37)50-34-49(38-13-5-1-6-14-38)56-51(57-50)40-15-7-2-8-16-40/h1-34H. The van der Waals surface area contributed by atoms with Gasteiger partial charge < -0.3 is 0 Å². The zero-order valence-electron chi connectivity index (χ0n) is 32.3. The minimum absolute atomic E-state index is 0.612. The van der Waals surface area contributed by atoms with Crippen LogP contribution in [0, 0.1) is 11.3 Å². The van der Waals surface area contributed by atoms with Crippen molar-refractivity contribution < 1.29 is 0 Å². The second-order valence-electron chi connectivity index (χ2n) is 14.5.